The van der Waals surface area contributed by atoms with Crippen molar-refractivity contribution in [1.82, 2.24) is 20.1 Å². The molecule has 1 amide bonds. The van der Waals surface area contributed by atoms with E-state index in [2.05, 4.69) is 27.6 Å². The van der Waals surface area contributed by atoms with E-state index in [4.69, 9.17) is 17.0 Å². The largest absolute Gasteiger partial charge is 0.372 e. The summed E-state index contributed by atoms with van der Waals surface area (Å²) < 4.78 is 8.15. The van der Waals surface area contributed by atoms with Crippen molar-refractivity contribution < 1.29 is 9.53 Å². The van der Waals surface area contributed by atoms with E-state index >= 15 is 0 Å². The van der Waals surface area contributed by atoms with Crippen molar-refractivity contribution in [3.63, 3.8) is 0 Å². The number of nitrogens with zero attached hydrogens (tertiary/aromatic N) is 2. The van der Waals surface area contributed by atoms with Crippen LogP contribution in [0, 0.1) is 11.7 Å². The Bertz CT molecular complexity index is 1260. The van der Waals surface area contributed by atoms with Crippen LogP contribution in [-0.4, -0.2) is 20.7 Å². The molecular weight excluding hydrogens is 444 g/mol. The fraction of sp³-hybridized carbons (Fsp3) is 0.222. The van der Waals surface area contributed by atoms with Gasteiger partial charge in [-0.1, -0.05) is 84.4 Å². The summed E-state index contributed by atoms with van der Waals surface area (Å²) in [6.07, 6.45) is 0.318. The number of aryl methyl sites for hydroxylation is 1. The number of H-pyrrole nitrogens is 1. The third-order valence-electron chi connectivity index (χ3n) is 5.52. The monoisotopic (exact) mass is 472 g/mol. The van der Waals surface area contributed by atoms with Gasteiger partial charge < -0.3 is 10.1 Å². The molecule has 174 valence electrons. The molecule has 0 atom stereocenters. The average molecular weight is 473 g/mol. The first-order valence-electron chi connectivity index (χ1n) is 11.3. The maximum absolute atomic E-state index is 12.4. The summed E-state index contributed by atoms with van der Waals surface area (Å²) in [5.74, 6) is 0.705. The van der Waals surface area contributed by atoms with Crippen LogP contribution in [0.1, 0.15) is 28.7 Å². The SMILES string of the molecule is Cc1ccc(-c2n[nH]c(=S)n2CCC(=O)NCc2ccc(COCc3ccccc3)cc2)cc1. The number of amides is 1. The van der Waals surface area contributed by atoms with Crippen LogP contribution in [0.25, 0.3) is 11.4 Å². The Kier molecular flexibility index (Phi) is 8.01. The highest BCUT2D eigenvalue weighted by molar-refractivity contribution is 7.71. The summed E-state index contributed by atoms with van der Waals surface area (Å²) in [7, 11) is 0. The van der Waals surface area contributed by atoms with Gasteiger partial charge in [0.25, 0.3) is 0 Å². The standard InChI is InChI=1S/C27H28N4O2S/c1-20-7-13-24(14-8-20)26-29-30-27(34)31(26)16-15-25(32)28-17-21-9-11-23(12-10-21)19-33-18-22-5-3-2-4-6-22/h2-14H,15-19H2,1H3,(H,28,32)(H,30,34). The number of carbonyl (C=O) groups excluding carboxylic acids is 1. The Morgan fingerprint density at radius 1 is 0.941 bits per heavy atom. The van der Waals surface area contributed by atoms with Crippen molar-refractivity contribution in [2.45, 2.75) is 39.6 Å². The van der Waals surface area contributed by atoms with Gasteiger partial charge in [-0.2, -0.15) is 5.10 Å². The Labute approximate surface area is 204 Å². The Balaban J connectivity index is 1.23. The highest BCUT2D eigenvalue weighted by Crippen LogP contribution is 2.18. The molecule has 0 unspecified atom stereocenters. The summed E-state index contributed by atoms with van der Waals surface area (Å²) in [4.78, 5) is 12.4. The van der Waals surface area contributed by atoms with Crippen LogP contribution in [0.4, 0.5) is 0 Å². The molecule has 0 fully saturated rings. The van der Waals surface area contributed by atoms with Crippen molar-refractivity contribution in [2.75, 3.05) is 0 Å². The van der Waals surface area contributed by atoms with Gasteiger partial charge in [0.1, 0.15) is 0 Å². The number of ether oxygens (including phenoxy) is 1. The van der Waals surface area contributed by atoms with E-state index in [1.165, 1.54) is 5.56 Å². The number of carbonyl (C=O) groups is 1. The van der Waals surface area contributed by atoms with Gasteiger partial charge in [-0.05, 0) is 35.8 Å². The predicted octanol–water partition coefficient (Wildman–Crippen LogP) is 5.34. The molecule has 4 rings (SSSR count). The van der Waals surface area contributed by atoms with Gasteiger partial charge in [-0.15, -0.1) is 0 Å². The number of hydrogen-bond donors (Lipinski definition) is 2. The van der Waals surface area contributed by atoms with Gasteiger partial charge in [-0.3, -0.25) is 14.5 Å². The molecule has 7 heteroatoms. The van der Waals surface area contributed by atoms with Gasteiger partial charge in [-0.25, -0.2) is 0 Å². The van der Waals surface area contributed by atoms with Crippen molar-refractivity contribution in [2.24, 2.45) is 0 Å². The number of rotatable bonds is 10. The van der Waals surface area contributed by atoms with E-state index in [1.807, 2.05) is 78.2 Å². The van der Waals surface area contributed by atoms with Crippen LogP contribution in [0.2, 0.25) is 0 Å². The summed E-state index contributed by atoms with van der Waals surface area (Å²) >= 11 is 5.36. The molecule has 1 heterocycles. The Morgan fingerprint density at radius 2 is 1.59 bits per heavy atom. The van der Waals surface area contributed by atoms with Gasteiger partial charge in [0.15, 0.2) is 10.6 Å². The number of aromatic amines is 1. The molecule has 0 saturated carbocycles. The molecule has 0 bridgehead atoms. The molecule has 34 heavy (non-hydrogen) atoms. The maximum Gasteiger partial charge on any atom is 0.222 e. The quantitative estimate of drug-likeness (QED) is 0.306. The van der Waals surface area contributed by atoms with Crippen molar-refractivity contribution in [1.29, 1.82) is 0 Å². The minimum Gasteiger partial charge on any atom is -0.372 e. The summed E-state index contributed by atoms with van der Waals surface area (Å²) in [6, 6.07) is 26.3. The third kappa shape index (κ3) is 6.50. The van der Waals surface area contributed by atoms with Crippen molar-refractivity contribution >= 4 is 18.1 Å². The summed E-state index contributed by atoms with van der Waals surface area (Å²) in [6.45, 7) is 4.12. The van der Waals surface area contributed by atoms with Crippen LogP contribution in [0.15, 0.2) is 78.9 Å². The zero-order valence-electron chi connectivity index (χ0n) is 19.2. The smallest absolute Gasteiger partial charge is 0.222 e. The average Bonchev–Trinajstić information content (AvgIpc) is 3.23. The van der Waals surface area contributed by atoms with Gasteiger partial charge >= 0.3 is 0 Å². The van der Waals surface area contributed by atoms with E-state index in [0.717, 1.165) is 28.1 Å². The predicted molar refractivity (Wildman–Crippen MR) is 135 cm³/mol. The highest BCUT2D eigenvalue weighted by Gasteiger charge is 2.11. The van der Waals surface area contributed by atoms with Crippen molar-refractivity contribution in [3.05, 3.63) is 106 Å². The van der Waals surface area contributed by atoms with Gasteiger partial charge in [0.2, 0.25) is 5.91 Å². The van der Waals surface area contributed by atoms with E-state index in [0.29, 0.717) is 37.5 Å². The van der Waals surface area contributed by atoms with Crippen LogP contribution in [-0.2, 0) is 35.8 Å². The lowest BCUT2D eigenvalue weighted by molar-refractivity contribution is -0.121. The number of aromatic nitrogens is 3. The lowest BCUT2D eigenvalue weighted by Gasteiger charge is -2.09. The Morgan fingerprint density at radius 3 is 2.29 bits per heavy atom. The molecule has 4 aromatic rings. The second-order valence-electron chi connectivity index (χ2n) is 8.19. The molecule has 0 aliphatic carbocycles. The first kappa shape index (κ1) is 23.6. The van der Waals surface area contributed by atoms with Crippen LogP contribution in [0.5, 0.6) is 0 Å². The second kappa shape index (κ2) is 11.5. The molecular formula is C27H28N4O2S. The van der Waals surface area contributed by atoms with E-state index in [9.17, 15) is 4.79 Å². The minimum absolute atomic E-state index is 0.0340. The van der Waals surface area contributed by atoms with E-state index < -0.39 is 0 Å². The van der Waals surface area contributed by atoms with Crippen LogP contribution < -0.4 is 5.32 Å². The topological polar surface area (TPSA) is 71.9 Å². The minimum atomic E-state index is -0.0340. The first-order chi connectivity index (χ1) is 16.6. The molecule has 0 aliphatic heterocycles. The fourth-order valence-corrected chi connectivity index (χ4v) is 3.79. The van der Waals surface area contributed by atoms with Crippen LogP contribution in [0.3, 0.4) is 0 Å². The van der Waals surface area contributed by atoms with Crippen molar-refractivity contribution in [3.8, 4) is 11.4 Å². The zero-order valence-corrected chi connectivity index (χ0v) is 20.0. The number of hydrogen-bond acceptors (Lipinski definition) is 4. The molecule has 3 aromatic carbocycles. The lowest BCUT2D eigenvalue weighted by atomic mass is 10.1. The third-order valence-corrected chi connectivity index (χ3v) is 5.84. The summed E-state index contributed by atoms with van der Waals surface area (Å²) in [5, 5.41) is 10.2. The van der Waals surface area contributed by atoms with E-state index in [-0.39, 0.29) is 5.91 Å². The lowest BCUT2D eigenvalue weighted by Crippen LogP contribution is -2.24. The number of benzene rings is 3. The zero-order chi connectivity index (χ0) is 23.8. The van der Waals surface area contributed by atoms with E-state index in [1.54, 1.807) is 0 Å². The maximum atomic E-state index is 12.4. The molecule has 2 N–H and O–H groups in total. The molecule has 1 aromatic heterocycles. The fourth-order valence-electron chi connectivity index (χ4n) is 3.56. The first-order valence-corrected chi connectivity index (χ1v) is 11.7. The molecule has 6 nitrogen and oxygen atoms in total. The normalized spacial score (nSPS) is 10.9. The Hall–Kier alpha value is -3.55. The van der Waals surface area contributed by atoms with Gasteiger partial charge in [0, 0.05) is 25.1 Å². The number of nitrogens with one attached hydrogen (secondary N) is 2. The molecule has 0 radical (unpaired) electrons. The molecule has 0 aliphatic rings. The van der Waals surface area contributed by atoms with Gasteiger partial charge in [0.05, 0.1) is 13.2 Å². The second-order valence-corrected chi connectivity index (χ2v) is 8.58. The van der Waals surface area contributed by atoms with Crippen LogP contribution >= 0.6 is 12.2 Å². The molecule has 0 spiro atoms. The highest BCUT2D eigenvalue weighted by atomic mass is 32.1. The summed E-state index contributed by atoms with van der Waals surface area (Å²) in [5.41, 5.74) is 5.44. The molecule has 0 saturated heterocycles.